The highest BCUT2D eigenvalue weighted by molar-refractivity contribution is 6.04. The van der Waals surface area contributed by atoms with Crippen molar-refractivity contribution in [2.45, 2.75) is 13.1 Å². The van der Waals surface area contributed by atoms with Gasteiger partial charge in [0.1, 0.15) is 0 Å². The average Bonchev–Trinajstić information content (AvgIpc) is 2.43. The summed E-state index contributed by atoms with van der Waals surface area (Å²) in [6.07, 6.45) is 0. The van der Waals surface area contributed by atoms with Gasteiger partial charge in [-0.2, -0.15) is 0 Å². The third-order valence-corrected chi connectivity index (χ3v) is 2.34. The minimum atomic E-state index is 0.926. The van der Waals surface area contributed by atoms with E-state index in [-0.39, 0.29) is 0 Å². The largest absolute Gasteiger partial charge is 0.309 e. The van der Waals surface area contributed by atoms with Gasteiger partial charge in [0.15, 0.2) is 0 Å². The van der Waals surface area contributed by atoms with Crippen molar-refractivity contribution in [1.29, 1.82) is 0 Å². The maximum Gasteiger partial charge on any atom is 0.0579 e. The molecule has 0 saturated heterocycles. The van der Waals surface area contributed by atoms with Crippen molar-refractivity contribution in [1.82, 2.24) is 5.32 Å². The van der Waals surface area contributed by atoms with E-state index in [0.717, 1.165) is 13.1 Å². The van der Waals surface area contributed by atoms with Crippen LogP contribution in [0.2, 0.25) is 0 Å². The SMILES string of the molecule is OCl.c1ccc(CNCc2ccccc2)cc1. The second kappa shape index (κ2) is 8.76. The Labute approximate surface area is 107 Å². The van der Waals surface area contributed by atoms with E-state index in [1.807, 2.05) is 12.1 Å². The molecule has 0 radical (unpaired) electrons. The van der Waals surface area contributed by atoms with Crippen LogP contribution in [0.15, 0.2) is 60.7 Å². The maximum absolute atomic E-state index is 6.47. The lowest BCUT2D eigenvalue weighted by atomic mass is 10.2. The summed E-state index contributed by atoms with van der Waals surface area (Å²) in [5, 5.41) is 3.42. The Morgan fingerprint density at radius 3 is 1.41 bits per heavy atom. The lowest BCUT2D eigenvalue weighted by Crippen LogP contribution is -2.12. The molecular weight excluding hydrogens is 234 g/mol. The molecule has 2 rings (SSSR count). The second-order valence-electron chi connectivity index (χ2n) is 3.57. The molecule has 0 aliphatic heterocycles. The molecule has 0 heterocycles. The van der Waals surface area contributed by atoms with Crippen LogP contribution in [-0.2, 0) is 13.1 Å². The molecule has 17 heavy (non-hydrogen) atoms. The van der Waals surface area contributed by atoms with Gasteiger partial charge in [0.05, 0.1) is 11.9 Å². The van der Waals surface area contributed by atoms with Crippen LogP contribution >= 0.6 is 11.9 Å². The topological polar surface area (TPSA) is 32.3 Å². The van der Waals surface area contributed by atoms with Gasteiger partial charge >= 0.3 is 0 Å². The van der Waals surface area contributed by atoms with E-state index in [2.05, 4.69) is 65.7 Å². The average molecular weight is 250 g/mol. The van der Waals surface area contributed by atoms with Crippen LogP contribution in [0.1, 0.15) is 11.1 Å². The molecule has 0 amide bonds. The standard InChI is InChI=1S/C14H15N.ClHO/c1-3-7-13(8-4-1)11-15-12-14-9-5-2-6-10-14;1-2/h1-10,15H,11-12H2;2H. The Kier molecular flexibility index (Phi) is 7.07. The fourth-order valence-electron chi connectivity index (χ4n) is 1.54. The molecule has 0 aliphatic carbocycles. The van der Waals surface area contributed by atoms with E-state index in [4.69, 9.17) is 4.66 Å². The first-order valence-electron chi connectivity index (χ1n) is 5.40. The second-order valence-corrected chi connectivity index (χ2v) is 3.57. The summed E-state index contributed by atoms with van der Waals surface area (Å²) in [5.41, 5.74) is 2.65. The highest BCUT2D eigenvalue weighted by atomic mass is 35.5. The molecule has 2 nitrogen and oxygen atoms in total. The van der Waals surface area contributed by atoms with Crippen molar-refractivity contribution in [3.63, 3.8) is 0 Å². The Morgan fingerprint density at radius 2 is 1.06 bits per heavy atom. The van der Waals surface area contributed by atoms with Gasteiger partial charge in [0.2, 0.25) is 0 Å². The van der Waals surface area contributed by atoms with E-state index in [1.165, 1.54) is 11.1 Å². The van der Waals surface area contributed by atoms with E-state index < -0.39 is 0 Å². The Balaban J connectivity index is 0.000000686. The summed E-state index contributed by atoms with van der Waals surface area (Å²) in [4.78, 5) is 0. The normalized spacial score (nSPS) is 9.29. The zero-order valence-electron chi connectivity index (χ0n) is 9.51. The van der Waals surface area contributed by atoms with Crippen LogP contribution < -0.4 is 5.32 Å². The van der Waals surface area contributed by atoms with Crippen molar-refractivity contribution in [2.75, 3.05) is 0 Å². The van der Waals surface area contributed by atoms with Crippen LogP contribution in [0, 0.1) is 0 Å². The molecule has 2 N–H and O–H groups in total. The summed E-state index contributed by atoms with van der Waals surface area (Å²) in [5.74, 6) is 0. The van der Waals surface area contributed by atoms with Crippen molar-refractivity contribution in [3.8, 4) is 0 Å². The monoisotopic (exact) mass is 249 g/mol. The number of benzene rings is 2. The van der Waals surface area contributed by atoms with Crippen LogP contribution in [0.3, 0.4) is 0 Å². The van der Waals surface area contributed by atoms with E-state index >= 15 is 0 Å². The molecule has 0 aromatic heterocycles. The number of hydrogen-bond donors (Lipinski definition) is 2. The van der Waals surface area contributed by atoms with Crippen LogP contribution in [0.5, 0.6) is 0 Å². The Bertz CT molecular complexity index is 352. The zero-order chi connectivity index (χ0) is 12.3. The minimum absolute atomic E-state index is 0.926. The zero-order valence-corrected chi connectivity index (χ0v) is 10.3. The Hall–Kier alpha value is -1.35. The van der Waals surface area contributed by atoms with E-state index in [1.54, 1.807) is 0 Å². The third-order valence-electron chi connectivity index (χ3n) is 2.34. The molecule has 90 valence electrons. The van der Waals surface area contributed by atoms with Crippen molar-refractivity contribution < 1.29 is 4.66 Å². The highest BCUT2D eigenvalue weighted by Crippen LogP contribution is 2.00. The van der Waals surface area contributed by atoms with Gasteiger partial charge in [-0.25, -0.2) is 0 Å². The fraction of sp³-hybridized carbons (Fsp3) is 0.143. The lowest BCUT2D eigenvalue weighted by molar-refractivity contribution is 0.632. The summed E-state index contributed by atoms with van der Waals surface area (Å²) in [6.45, 7) is 1.85. The summed E-state index contributed by atoms with van der Waals surface area (Å²) < 4.78 is 6.47. The molecule has 0 unspecified atom stereocenters. The van der Waals surface area contributed by atoms with E-state index in [0.29, 0.717) is 0 Å². The number of halogens is 1. The number of nitrogens with one attached hydrogen (secondary N) is 1. The van der Waals surface area contributed by atoms with Gasteiger partial charge in [-0.15, -0.1) is 0 Å². The van der Waals surface area contributed by atoms with Crippen LogP contribution in [-0.4, -0.2) is 4.66 Å². The molecule has 0 spiro atoms. The first kappa shape index (κ1) is 13.7. The van der Waals surface area contributed by atoms with Gasteiger partial charge in [0, 0.05) is 13.1 Å². The Morgan fingerprint density at radius 1 is 0.706 bits per heavy atom. The predicted octanol–water partition coefficient (Wildman–Crippen LogP) is 3.11. The number of hydrogen-bond acceptors (Lipinski definition) is 2. The summed E-state index contributed by atoms with van der Waals surface area (Å²) >= 11 is 3.64. The fourth-order valence-corrected chi connectivity index (χ4v) is 1.54. The molecular formula is C14H16ClNO. The summed E-state index contributed by atoms with van der Waals surface area (Å²) in [6, 6.07) is 20.9. The van der Waals surface area contributed by atoms with E-state index in [9.17, 15) is 0 Å². The quantitative estimate of drug-likeness (QED) is 0.873. The summed E-state index contributed by atoms with van der Waals surface area (Å²) in [7, 11) is 0. The smallest absolute Gasteiger partial charge is 0.0579 e. The first-order valence-corrected chi connectivity index (χ1v) is 5.74. The molecule has 3 heteroatoms. The van der Waals surface area contributed by atoms with Crippen molar-refractivity contribution >= 4 is 11.9 Å². The molecule has 0 aliphatic rings. The first-order chi connectivity index (χ1) is 8.45. The number of rotatable bonds is 4. The molecule has 0 atom stereocenters. The van der Waals surface area contributed by atoms with Crippen LogP contribution in [0.25, 0.3) is 0 Å². The van der Waals surface area contributed by atoms with Crippen molar-refractivity contribution in [2.24, 2.45) is 0 Å². The molecule has 0 saturated carbocycles. The molecule has 2 aromatic carbocycles. The van der Waals surface area contributed by atoms with Gasteiger partial charge in [-0.3, -0.25) is 4.66 Å². The third kappa shape index (κ3) is 5.50. The van der Waals surface area contributed by atoms with Crippen LogP contribution in [0.4, 0.5) is 0 Å². The maximum atomic E-state index is 6.47. The highest BCUT2D eigenvalue weighted by Gasteiger charge is 1.92. The lowest BCUT2D eigenvalue weighted by Gasteiger charge is -2.04. The van der Waals surface area contributed by atoms with Gasteiger partial charge in [-0.1, -0.05) is 60.7 Å². The minimum Gasteiger partial charge on any atom is -0.309 e. The molecule has 2 aromatic rings. The van der Waals surface area contributed by atoms with Gasteiger partial charge in [-0.05, 0) is 11.1 Å². The molecule has 0 fully saturated rings. The van der Waals surface area contributed by atoms with Gasteiger partial charge in [0.25, 0.3) is 0 Å². The van der Waals surface area contributed by atoms with Gasteiger partial charge < -0.3 is 5.32 Å². The molecule has 0 bridgehead atoms. The predicted molar refractivity (Wildman–Crippen MR) is 71.5 cm³/mol. The van der Waals surface area contributed by atoms with Crippen molar-refractivity contribution in [3.05, 3.63) is 71.8 Å².